The van der Waals surface area contributed by atoms with Gasteiger partial charge in [-0.1, -0.05) is 97.1 Å². The molecule has 8 aromatic rings. The number of benzene rings is 8. The van der Waals surface area contributed by atoms with Gasteiger partial charge in [0, 0.05) is 23.7 Å². The zero-order valence-corrected chi connectivity index (χ0v) is 32.4. The van der Waals surface area contributed by atoms with Crippen molar-refractivity contribution in [1.82, 2.24) is 0 Å². The second kappa shape index (κ2) is 18.2. The summed E-state index contributed by atoms with van der Waals surface area (Å²) in [6, 6.07) is 56.8. The molecule has 0 bridgehead atoms. The Hall–Kier alpha value is -7.84. The van der Waals surface area contributed by atoms with Crippen LogP contribution >= 0.6 is 0 Å². The minimum atomic E-state index is -0.139. The van der Waals surface area contributed by atoms with Crippen LogP contribution in [0.3, 0.4) is 0 Å². The van der Waals surface area contributed by atoms with Crippen molar-refractivity contribution in [2.75, 3.05) is 0 Å². The average Bonchev–Trinajstić information content (AvgIpc) is 3.26. The van der Waals surface area contributed by atoms with Crippen LogP contribution in [-0.4, -0.2) is 40.9 Å². The number of phenols is 8. The first kappa shape index (κ1) is 40.4. The smallest absolute Gasteiger partial charge is 0.115 e. The zero-order valence-electron chi connectivity index (χ0n) is 32.4. The molecule has 0 spiro atoms. The molecule has 0 fully saturated rings. The molecule has 8 heteroatoms. The van der Waals surface area contributed by atoms with Crippen LogP contribution < -0.4 is 0 Å². The maximum Gasteiger partial charge on any atom is 0.115 e. The van der Waals surface area contributed by atoms with E-state index in [1.165, 1.54) is 0 Å². The minimum absolute atomic E-state index is 0.139. The molecule has 0 aliphatic carbocycles. The highest BCUT2D eigenvalue weighted by Gasteiger charge is 2.30. The third kappa shape index (κ3) is 9.64. The Morgan fingerprint density at radius 1 is 0.150 bits per heavy atom. The topological polar surface area (TPSA) is 162 Å². The summed E-state index contributed by atoms with van der Waals surface area (Å²) in [4.78, 5) is 0. The molecule has 8 rings (SSSR count). The SMILES string of the molecule is Oc1ccc(C(c2ccc(O)cc2)C(c2ccc(O)cc2)c2ccc(O)cc2)cc1.Oc1ccc(C(c2ccc(O)cc2)C(c2ccc(O)cc2)c2ccc(O)cc2)cc1. The van der Waals surface area contributed by atoms with E-state index in [1.54, 1.807) is 97.1 Å². The van der Waals surface area contributed by atoms with Gasteiger partial charge in [-0.2, -0.15) is 0 Å². The van der Waals surface area contributed by atoms with E-state index in [2.05, 4.69) is 0 Å². The summed E-state index contributed by atoms with van der Waals surface area (Å²) >= 11 is 0. The summed E-state index contributed by atoms with van der Waals surface area (Å²) in [5.74, 6) is 0.957. The van der Waals surface area contributed by atoms with Gasteiger partial charge < -0.3 is 40.9 Å². The zero-order chi connectivity index (χ0) is 42.2. The van der Waals surface area contributed by atoms with Gasteiger partial charge in [0.1, 0.15) is 46.0 Å². The fourth-order valence-electron chi connectivity index (χ4n) is 7.76. The molecule has 8 N–H and O–H groups in total. The molecule has 0 saturated heterocycles. The van der Waals surface area contributed by atoms with E-state index in [0.29, 0.717) is 0 Å². The minimum Gasteiger partial charge on any atom is -0.508 e. The highest BCUT2D eigenvalue weighted by Crippen LogP contribution is 2.46. The number of aromatic hydroxyl groups is 8. The first-order valence-corrected chi connectivity index (χ1v) is 19.3. The fourth-order valence-corrected chi connectivity index (χ4v) is 7.76. The predicted molar refractivity (Wildman–Crippen MR) is 232 cm³/mol. The summed E-state index contributed by atoms with van der Waals surface area (Å²) in [6.45, 7) is 0. The number of hydrogen-bond donors (Lipinski definition) is 8. The van der Waals surface area contributed by atoms with E-state index in [0.717, 1.165) is 44.5 Å². The third-order valence-electron chi connectivity index (χ3n) is 10.7. The van der Waals surface area contributed by atoms with Gasteiger partial charge in [-0.15, -0.1) is 0 Å². The molecular weight excluding hydrogens is 753 g/mol. The molecule has 0 radical (unpaired) electrons. The molecule has 0 unspecified atom stereocenters. The molecule has 0 atom stereocenters. The van der Waals surface area contributed by atoms with Gasteiger partial charge in [-0.05, 0) is 142 Å². The van der Waals surface area contributed by atoms with Crippen molar-refractivity contribution in [2.45, 2.75) is 23.7 Å². The lowest BCUT2D eigenvalue weighted by molar-refractivity contribution is 0.473. The van der Waals surface area contributed by atoms with E-state index >= 15 is 0 Å². The summed E-state index contributed by atoms with van der Waals surface area (Å²) < 4.78 is 0. The molecule has 0 aromatic heterocycles. The molecular formula is C52H44O8. The predicted octanol–water partition coefficient (Wildman–Crippen LogP) is 10.9. The molecule has 8 nitrogen and oxygen atoms in total. The molecule has 8 aromatic carbocycles. The summed E-state index contributed by atoms with van der Waals surface area (Å²) in [5.41, 5.74) is 7.92. The van der Waals surface area contributed by atoms with Crippen molar-refractivity contribution in [3.05, 3.63) is 239 Å². The molecule has 0 aliphatic heterocycles. The third-order valence-corrected chi connectivity index (χ3v) is 10.7. The first-order valence-electron chi connectivity index (χ1n) is 19.3. The monoisotopic (exact) mass is 796 g/mol. The van der Waals surface area contributed by atoms with Crippen LogP contribution in [0.2, 0.25) is 0 Å². The van der Waals surface area contributed by atoms with Crippen molar-refractivity contribution in [3.8, 4) is 46.0 Å². The van der Waals surface area contributed by atoms with Gasteiger partial charge >= 0.3 is 0 Å². The van der Waals surface area contributed by atoms with Crippen molar-refractivity contribution in [3.63, 3.8) is 0 Å². The highest BCUT2D eigenvalue weighted by molar-refractivity contribution is 5.50. The van der Waals surface area contributed by atoms with Gasteiger partial charge in [0.25, 0.3) is 0 Å². The number of phenolic OH excluding ortho intramolecular Hbond substituents is 8. The van der Waals surface area contributed by atoms with E-state index < -0.39 is 0 Å². The lowest BCUT2D eigenvalue weighted by atomic mass is 9.73. The van der Waals surface area contributed by atoms with Crippen molar-refractivity contribution >= 4 is 0 Å². The largest absolute Gasteiger partial charge is 0.508 e. The van der Waals surface area contributed by atoms with Crippen LogP contribution in [0, 0.1) is 0 Å². The van der Waals surface area contributed by atoms with E-state index in [4.69, 9.17) is 0 Å². The van der Waals surface area contributed by atoms with Crippen LogP contribution in [0.5, 0.6) is 46.0 Å². The van der Waals surface area contributed by atoms with Crippen LogP contribution in [0.1, 0.15) is 68.2 Å². The normalized spacial score (nSPS) is 11.1. The molecule has 0 heterocycles. The van der Waals surface area contributed by atoms with Gasteiger partial charge in [-0.25, -0.2) is 0 Å². The fraction of sp³-hybridized carbons (Fsp3) is 0.0769. The van der Waals surface area contributed by atoms with Crippen molar-refractivity contribution in [1.29, 1.82) is 0 Å². The molecule has 300 valence electrons. The van der Waals surface area contributed by atoms with Gasteiger partial charge in [0.05, 0.1) is 0 Å². The molecule has 60 heavy (non-hydrogen) atoms. The van der Waals surface area contributed by atoms with Gasteiger partial charge in [-0.3, -0.25) is 0 Å². The van der Waals surface area contributed by atoms with Gasteiger partial charge in [0.2, 0.25) is 0 Å². The van der Waals surface area contributed by atoms with Crippen LogP contribution in [0.15, 0.2) is 194 Å². The lowest BCUT2D eigenvalue weighted by Crippen LogP contribution is -2.14. The molecule has 0 aliphatic rings. The van der Waals surface area contributed by atoms with Crippen LogP contribution in [0.4, 0.5) is 0 Å². The van der Waals surface area contributed by atoms with Crippen LogP contribution in [-0.2, 0) is 0 Å². The Bertz CT molecular complexity index is 2020. The average molecular weight is 797 g/mol. The Balaban J connectivity index is 0.000000181. The molecule has 0 saturated carbocycles. The summed E-state index contributed by atoms with van der Waals surface area (Å²) in [6.07, 6.45) is 0. The Morgan fingerprint density at radius 3 is 0.317 bits per heavy atom. The lowest BCUT2D eigenvalue weighted by Gasteiger charge is -2.29. The van der Waals surface area contributed by atoms with E-state index in [1.807, 2.05) is 97.1 Å². The maximum absolute atomic E-state index is 9.79. The first-order chi connectivity index (χ1) is 29.0. The maximum atomic E-state index is 9.79. The number of hydrogen-bond acceptors (Lipinski definition) is 8. The highest BCUT2D eigenvalue weighted by atomic mass is 16.3. The second-order valence-corrected chi connectivity index (χ2v) is 14.6. The number of rotatable bonds is 10. The van der Waals surface area contributed by atoms with Crippen molar-refractivity contribution < 1.29 is 40.9 Å². The summed E-state index contributed by atoms with van der Waals surface area (Å²) in [7, 11) is 0. The standard InChI is InChI=1S/2C26H22O4/c2*27-21-9-1-17(2-10-21)25(18-3-11-22(28)12-4-18)26(19-5-13-23(29)14-6-19)20-7-15-24(30)16-8-20/h2*1-16,25-30H. The Morgan fingerprint density at radius 2 is 0.233 bits per heavy atom. The van der Waals surface area contributed by atoms with Gasteiger partial charge in [0.15, 0.2) is 0 Å². The van der Waals surface area contributed by atoms with Crippen molar-refractivity contribution in [2.24, 2.45) is 0 Å². The summed E-state index contributed by atoms with van der Waals surface area (Å²) in [5, 5.41) is 78.3. The van der Waals surface area contributed by atoms with E-state index in [-0.39, 0.29) is 69.7 Å². The Labute approximate surface area is 348 Å². The second-order valence-electron chi connectivity index (χ2n) is 14.6. The Kier molecular flexibility index (Phi) is 12.2. The quantitative estimate of drug-likeness (QED) is 0.0678. The van der Waals surface area contributed by atoms with E-state index in [9.17, 15) is 40.9 Å². The van der Waals surface area contributed by atoms with Crippen LogP contribution in [0.25, 0.3) is 0 Å². The molecule has 0 amide bonds.